The van der Waals surface area contributed by atoms with E-state index < -0.39 is 5.97 Å². The number of carbonyl (C=O) groups excluding carboxylic acids is 1. The number of aryl methyl sites for hydroxylation is 1. The fraction of sp³-hybridized carbons (Fsp3) is 0.462. The summed E-state index contributed by atoms with van der Waals surface area (Å²) < 4.78 is 0. The van der Waals surface area contributed by atoms with Crippen molar-refractivity contribution in [2.45, 2.75) is 44.1 Å². The van der Waals surface area contributed by atoms with Crippen molar-refractivity contribution in [3.8, 4) is 0 Å². The summed E-state index contributed by atoms with van der Waals surface area (Å²) in [5, 5.41) is 8.38. The Kier molecular flexibility index (Phi) is 5.53. The Morgan fingerprint density at radius 1 is 0.935 bits per heavy atom. The van der Waals surface area contributed by atoms with Crippen LogP contribution in [0.5, 0.6) is 0 Å². The molecular formula is C26H30N2O3. The van der Waals surface area contributed by atoms with Crippen molar-refractivity contribution in [3.05, 3.63) is 70.8 Å². The normalized spacial score (nSPS) is 28.4. The van der Waals surface area contributed by atoms with Crippen LogP contribution in [0.1, 0.15) is 63.4 Å². The van der Waals surface area contributed by atoms with Crippen LogP contribution in [-0.2, 0) is 6.42 Å². The van der Waals surface area contributed by atoms with Gasteiger partial charge in [-0.1, -0.05) is 30.3 Å². The topological polar surface area (TPSA) is 60.9 Å². The average molecular weight is 419 g/mol. The molecule has 4 heterocycles. The Morgan fingerprint density at radius 3 is 2.35 bits per heavy atom. The van der Waals surface area contributed by atoms with Gasteiger partial charge in [0.15, 0.2) is 0 Å². The number of piperidine rings is 3. The lowest BCUT2D eigenvalue weighted by Crippen LogP contribution is -2.60. The van der Waals surface area contributed by atoms with Crippen molar-refractivity contribution in [2.24, 2.45) is 5.92 Å². The van der Waals surface area contributed by atoms with Crippen molar-refractivity contribution < 1.29 is 14.7 Å². The van der Waals surface area contributed by atoms with Crippen molar-refractivity contribution in [3.63, 3.8) is 0 Å². The molecule has 7 rings (SSSR count). The first-order valence-corrected chi connectivity index (χ1v) is 11.6. The maximum absolute atomic E-state index is 13.1. The van der Waals surface area contributed by atoms with E-state index in [0.29, 0.717) is 23.4 Å². The third-order valence-corrected chi connectivity index (χ3v) is 7.55. The second-order valence-electron chi connectivity index (χ2n) is 9.30. The van der Waals surface area contributed by atoms with E-state index in [9.17, 15) is 9.59 Å². The molecule has 0 aromatic heterocycles. The molecule has 5 aliphatic rings. The molecular weight excluding hydrogens is 388 g/mol. The third-order valence-electron chi connectivity index (χ3n) is 7.55. The molecule has 2 aromatic rings. The third kappa shape index (κ3) is 3.87. The first-order chi connectivity index (χ1) is 15.1. The molecule has 31 heavy (non-hydrogen) atoms. The number of benzene rings is 2. The molecule has 0 radical (unpaired) electrons. The number of aromatic carboxylic acids is 1. The lowest BCUT2D eigenvalue weighted by atomic mass is 9.75. The zero-order valence-corrected chi connectivity index (χ0v) is 17.9. The van der Waals surface area contributed by atoms with E-state index >= 15 is 0 Å². The van der Waals surface area contributed by atoms with E-state index in [1.165, 1.54) is 49.9 Å². The van der Waals surface area contributed by atoms with Crippen LogP contribution in [0.4, 0.5) is 0 Å². The highest BCUT2D eigenvalue weighted by atomic mass is 16.4. The van der Waals surface area contributed by atoms with Crippen LogP contribution in [0.25, 0.3) is 0 Å². The van der Waals surface area contributed by atoms with Crippen LogP contribution in [-0.4, -0.2) is 59.0 Å². The van der Waals surface area contributed by atoms with Gasteiger partial charge in [-0.25, -0.2) is 4.79 Å². The fourth-order valence-corrected chi connectivity index (χ4v) is 5.99. The monoisotopic (exact) mass is 418 g/mol. The van der Waals surface area contributed by atoms with Gasteiger partial charge in [-0.3, -0.25) is 4.79 Å². The number of carbonyl (C=O) groups is 2. The van der Waals surface area contributed by atoms with Gasteiger partial charge in [0.25, 0.3) is 5.91 Å². The SMILES string of the molecule is O=C(O)c1ccccc1.O=C1c2cccc3c2[C@H](CCC3)CN1[C@@H]1CN2CCC1CC2. The molecule has 3 fully saturated rings. The number of amides is 1. The first-order valence-electron chi connectivity index (χ1n) is 11.6. The summed E-state index contributed by atoms with van der Waals surface area (Å²) in [6.07, 6.45) is 6.27. The molecule has 1 N–H and O–H groups in total. The number of hydrogen-bond acceptors (Lipinski definition) is 3. The van der Waals surface area contributed by atoms with E-state index in [4.69, 9.17) is 5.11 Å². The number of carboxylic acid groups (broad SMARTS) is 1. The van der Waals surface area contributed by atoms with Gasteiger partial charge in [0.1, 0.15) is 0 Å². The van der Waals surface area contributed by atoms with Gasteiger partial charge < -0.3 is 14.9 Å². The molecule has 1 amide bonds. The Hall–Kier alpha value is -2.66. The minimum absolute atomic E-state index is 0.314. The Morgan fingerprint density at radius 2 is 1.71 bits per heavy atom. The van der Waals surface area contributed by atoms with Gasteiger partial charge in [0.2, 0.25) is 0 Å². The Labute approximate surface area is 183 Å². The fourth-order valence-electron chi connectivity index (χ4n) is 5.99. The van der Waals surface area contributed by atoms with Crippen molar-refractivity contribution in [2.75, 3.05) is 26.2 Å². The molecule has 3 saturated heterocycles. The highest BCUT2D eigenvalue weighted by Gasteiger charge is 2.43. The molecule has 0 spiro atoms. The van der Waals surface area contributed by atoms with Crippen LogP contribution in [0.15, 0.2) is 48.5 Å². The maximum Gasteiger partial charge on any atom is 0.335 e. The van der Waals surface area contributed by atoms with E-state index in [-0.39, 0.29) is 0 Å². The lowest BCUT2D eigenvalue weighted by Gasteiger charge is -2.51. The summed E-state index contributed by atoms with van der Waals surface area (Å²) in [5.74, 6) is 0.764. The van der Waals surface area contributed by atoms with Gasteiger partial charge in [-0.15, -0.1) is 0 Å². The second-order valence-corrected chi connectivity index (χ2v) is 9.30. The predicted octanol–water partition coefficient (Wildman–Crippen LogP) is 4.04. The predicted molar refractivity (Wildman–Crippen MR) is 120 cm³/mol. The van der Waals surface area contributed by atoms with E-state index in [1.54, 1.807) is 30.3 Å². The highest BCUT2D eigenvalue weighted by molar-refractivity contribution is 5.98. The molecule has 2 atom stereocenters. The molecule has 2 bridgehead atoms. The number of carboxylic acids is 1. The quantitative estimate of drug-likeness (QED) is 0.800. The summed E-state index contributed by atoms with van der Waals surface area (Å²) in [7, 11) is 0. The van der Waals surface area contributed by atoms with Gasteiger partial charge in [0, 0.05) is 30.6 Å². The summed E-state index contributed by atoms with van der Waals surface area (Å²) >= 11 is 0. The summed E-state index contributed by atoms with van der Waals surface area (Å²) in [4.78, 5) is 28.2. The van der Waals surface area contributed by atoms with Crippen LogP contribution < -0.4 is 0 Å². The highest BCUT2D eigenvalue weighted by Crippen LogP contribution is 2.41. The van der Waals surface area contributed by atoms with Crippen LogP contribution in [0.3, 0.4) is 0 Å². The van der Waals surface area contributed by atoms with Gasteiger partial charge in [-0.2, -0.15) is 0 Å². The number of hydrogen-bond donors (Lipinski definition) is 1. The Bertz CT molecular complexity index is 966. The van der Waals surface area contributed by atoms with E-state index in [0.717, 1.165) is 31.0 Å². The standard InChI is InChI=1S/C19H24N2O.C7H6O2/c22-19-16-6-2-4-14-3-1-5-15(18(14)16)11-21(19)17-12-20-9-7-13(17)8-10-20;8-7(9)6-4-2-1-3-5-6/h2,4,6,13,15,17H,1,3,5,7-12H2;1-5H,(H,8,9)/t15-,17-;/m1./s1. The first kappa shape index (κ1) is 20.3. The van der Waals surface area contributed by atoms with Crippen LogP contribution in [0, 0.1) is 5.92 Å². The smallest absolute Gasteiger partial charge is 0.335 e. The summed E-state index contributed by atoms with van der Waals surface area (Å²) in [6, 6.07) is 15.2. The van der Waals surface area contributed by atoms with Crippen molar-refractivity contribution in [1.29, 1.82) is 0 Å². The van der Waals surface area contributed by atoms with Crippen molar-refractivity contribution in [1.82, 2.24) is 9.80 Å². The van der Waals surface area contributed by atoms with Gasteiger partial charge >= 0.3 is 5.97 Å². The van der Waals surface area contributed by atoms with Crippen LogP contribution in [0.2, 0.25) is 0 Å². The lowest BCUT2D eigenvalue weighted by molar-refractivity contribution is 0.00258. The van der Waals surface area contributed by atoms with Gasteiger partial charge in [-0.05, 0) is 80.4 Å². The molecule has 162 valence electrons. The maximum atomic E-state index is 13.1. The largest absolute Gasteiger partial charge is 0.478 e. The van der Waals surface area contributed by atoms with Crippen LogP contribution >= 0.6 is 0 Å². The minimum atomic E-state index is -0.879. The Balaban J connectivity index is 0.000000192. The second kappa shape index (κ2) is 8.46. The molecule has 5 nitrogen and oxygen atoms in total. The molecule has 5 heteroatoms. The van der Waals surface area contributed by atoms with E-state index in [2.05, 4.69) is 28.0 Å². The average Bonchev–Trinajstić information content (AvgIpc) is 2.83. The number of rotatable bonds is 2. The zero-order chi connectivity index (χ0) is 21.4. The van der Waals surface area contributed by atoms with Crippen molar-refractivity contribution >= 4 is 11.9 Å². The molecule has 4 aliphatic heterocycles. The zero-order valence-electron chi connectivity index (χ0n) is 17.9. The molecule has 0 unspecified atom stereocenters. The number of nitrogens with zero attached hydrogens (tertiary/aromatic N) is 2. The molecule has 1 aliphatic carbocycles. The number of fused-ring (bicyclic) bond motifs is 3. The molecule has 0 saturated carbocycles. The van der Waals surface area contributed by atoms with E-state index in [1.807, 2.05) is 0 Å². The summed E-state index contributed by atoms with van der Waals surface area (Å²) in [6.45, 7) is 4.57. The summed E-state index contributed by atoms with van der Waals surface area (Å²) in [5.41, 5.74) is 4.19. The minimum Gasteiger partial charge on any atom is -0.478 e. The molecule has 2 aromatic carbocycles. The van der Waals surface area contributed by atoms with Gasteiger partial charge in [0.05, 0.1) is 5.56 Å².